The maximum Gasteiger partial charge on any atom is 0.342 e. The van der Waals surface area contributed by atoms with E-state index in [1.807, 2.05) is 6.92 Å². The lowest BCUT2D eigenvalue weighted by Crippen LogP contribution is -2.01. The summed E-state index contributed by atoms with van der Waals surface area (Å²) in [6, 6.07) is 9.61. The van der Waals surface area contributed by atoms with Gasteiger partial charge in [-0.1, -0.05) is 25.1 Å². The van der Waals surface area contributed by atoms with Crippen LogP contribution in [0.25, 0.3) is 6.08 Å². The number of thioether (sulfide) groups is 1. The minimum atomic E-state index is -1.14. The van der Waals surface area contributed by atoms with E-state index >= 15 is 0 Å². The Morgan fingerprint density at radius 1 is 1.32 bits per heavy atom. The molecule has 1 N–H and O–H groups in total. The first-order valence-corrected chi connectivity index (χ1v) is 10.7. The van der Waals surface area contributed by atoms with Gasteiger partial charge in [0.15, 0.2) is 11.5 Å². The standard InChI is InChI=1S/C21H18BrFN2O5S/c1-3-18-24-25-21(30-18)31-17(20(26)27)10-12-8-14(22)19(16(9-12)28-2)29-11-13-6-4-5-7-15(13)23/h4-10H,3,11H2,1-2H3,(H,26,27)/b17-10-. The predicted octanol–water partition coefficient (Wildman–Crippen LogP) is 5.34. The van der Waals surface area contributed by atoms with E-state index in [-0.39, 0.29) is 22.6 Å². The van der Waals surface area contributed by atoms with E-state index in [1.165, 1.54) is 19.3 Å². The Morgan fingerprint density at radius 3 is 2.74 bits per heavy atom. The summed E-state index contributed by atoms with van der Waals surface area (Å²) in [6.07, 6.45) is 2.01. The normalized spacial score (nSPS) is 11.4. The molecule has 0 aliphatic heterocycles. The third-order valence-corrected chi connectivity index (χ3v) is 5.48. The minimum absolute atomic E-state index is 0.00394. The molecule has 0 aliphatic carbocycles. The first-order chi connectivity index (χ1) is 14.9. The molecule has 162 valence electrons. The van der Waals surface area contributed by atoms with Crippen molar-refractivity contribution in [2.24, 2.45) is 0 Å². The van der Waals surface area contributed by atoms with Crippen LogP contribution in [0.5, 0.6) is 11.5 Å². The highest BCUT2D eigenvalue weighted by Crippen LogP contribution is 2.38. The number of benzene rings is 2. The Bertz CT molecular complexity index is 1120. The van der Waals surface area contributed by atoms with Crippen molar-refractivity contribution in [2.75, 3.05) is 7.11 Å². The van der Waals surface area contributed by atoms with Crippen LogP contribution in [0.3, 0.4) is 0 Å². The van der Waals surface area contributed by atoms with E-state index < -0.39 is 5.97 Å². The number of aliphatic carboxylic acids is 1. The van der Waals surface area contributed by atoms with Gasteiger partial charge in [0.05, 0.1) is 11.6 Å². The number of carboxylic acids is 1. The van der Waals surface area contributed by atoms with Gasteiger partial charge in [-0.15, -0.1) is 10.2 Å². The van der Waals surface area contributed by atoms with Crippen LogP contribution in [-0.2, 0) is 17.8 Å². The van der Waals surface area contributed by atoms with Gasteiger partial charge in [-0.05, 0) is 57.5 Å². The fourth-order valence-electron chi connectivity index (χ4n) is 2.53. The molecular weight excluding hydrogens is 491 g/mol. The van der Waals surface area contributed by atoms with E-state index in [2.05, 4.69) is 26.1 Å². The van der Waals surface area contributed by atoms with E-state index in [0.717, 1.165) is 11.8 Å². The maximum absolute atomic E-state index is 13.9. The SMILES string of the molecule is CCc1nnc(S/C(=C\c2cc(Br)c(OCc3ccccc3F)c(OC)c2)C(=O)O)o1. The lowest BCUT2D eigenvalue weighted by atomic mass is 10.2. The summed E-state index contributed by atoms with van der Waals surface area (Å²) in [6.45, 7) is 1.86. The summed E-state index contributed by atoms with van der Waals surface area (Å²) in [4.78, 5) is 11.7. The fourth-order valence-corrected chi connectivity index (χ4v) is 3.80. The monoisotopic (exact) mass is 508 g/mol. The van der Waals surface area contributed by atoms with Gasteiger partial charge in [0.25, 0.3) is 5.22 Å². The minimum Gasteiger partial charge on any atom is -0.493 e. The second kappa shape index (κ2) is 10.5. The number of methoxy groups -OCH3 is 1. The summed E-state index contributed by atoms with van der Waals surface area (Å²) in [5.41, 5.74) is 0.943. The smallest absolute Gasteiger partial charge is 0.342 e. The number of nitrogens with zero attached hydrogens (tertiary/aromatic N) is 2. The summed E-state index contributed by atoms with van der Waals surface area (Å²) < 4.78 is 30.9. The van der Waals surface area contributed by atoms with Crippen molar-refractivity contribution in [1.29, 1.82) is 0 Å². The summed E-state index contributed by atoms with van der Waals surface area (Å²) in [7, 11) is 1.46. The van der Waals surface area contributed by atoms with Crippen molar-refractivity contribution in [1.82, 2.24) is 10.2 Å². The van der Waals surface area contributed by atoms with Crippen LogP contribution in [0.15, 0.2) is 55.4 Å². The lowest BCUT2D eigenvalue weighted by molar-refractivity contribution is -0.131. The molecule has 3 aromatic rings. The molecule has 1 heterocycles. The maximum atomic E-state index is 13.9. The van der Waals surface area contributed by atoms with Gasteiger partial charge in [0.1, 0.15) is 17.3 Å². The zero-order valence-corrected chi connectivity index (χ0v) is 19.0. The van der Waals surface area contributed by atoms with Gasteiger partial charge in [0.2, 0.25) is 5.89 Å². The molecule has 0 bridgehead atoms. The molecule has 0 amide bonds. The molecule has 0 atom stereocenters. The molecule has 0 aliphatic rings. The molecular formula is C21H18BrFN2O5S. The Balaban J connectivity index is 1.86. The Morgan fingerprint density at radius 2 is 2.10 bits per heavy atom. The van der Waals surface area contributed by atoms with Gasteiger partial charge in [-0.25, -0.2) is 9.18 Å². The number of hydrogen-bond acceptors (Lipinski definition) is 7. The van der Waals surface area contributed by atoms with Crippen molar-refractivity contribution >= 4 is 39.7 Å². The van der Waals surface area contributed by atoms with Crippen LogP contribution >= 0.6 is 27.7 Å². The number of hydrogen-bond donors (Lipinski definition) is 1. The van der Waals surface area contributed by atoms with Crippen LogP contribution in [0.2, 0.25) is 0 Å². The van der Waals surface area contributed by atoms with Gasteiger partial charge in [-0.3, -0.25) is 0 Å². The molecule has 7 nitrogen and oxygen atoms in total. The molecule has 0 fully saturated rings. The number of rotatable bonds is 9. The molecule has 1 aromatic heterocycles. The van der Waals surface area contributed by atoms with Crippen LogP contribution in [0.4, 0.5) is 4.39 Å². The average Bonchev–Trinajstić information content (AvgIpc) is 3.21. The summed E-state index contributed by atoms with van der Waals surface area (Å²) in [5, 5.41) is 17.4. The highest BCUT2D eigenvalue weighted by Gasteiger charge is 2.17. The van der Waals surface area contributed by atoms with E-state index in [4.69, 9.17) is 13.9 Å². The van der Waals surface area contributed by atoms with E-state index in [1.54, 1.807) is 30.3 Å². The second-order valence-electron chi connectivity index (χ2n) is 6.15. The number of carboxylic acid groups (broad SMARTS) is 1. The third kappa shape index (κ3) is 5.86. The van der Waals surface area contributed by atoms with Crippen molar-refractivity contribution in [2.45, 2.75) is 25.2 Å². The second-order valence-corrected chi connectivity index (χ2v) is 7.99. The van der Waals surface area contributed by atoms with E-state index in [9.17, 15) is 14.3 Å². The predicted molar refractivity (Wildman–Crippen MR) is 117 cm³/mol. The lowest BCUT2D eigenvalue weighted by Gasteiger charge is -2.14. The molecule has 0 saturated carbocycles. The molecule has 0 radical (unpaired) electrons. The number of halogens is 2. The van der Waals surface area contributed by atoms with Crippen LogP contribution in [0, 0.1) is 5.82 Å². The Kier molecular flexibility index (Phi) is 7.69. The quantitative estimate of drug-likeness (QED) is 0.305. The molecule has 2 aromatic carbocycles. The Labute approximate surface area is 190 Å². The zero-order chi connectivity index (χ0) is 22.4. The molecule has 0 saturated heterocycles. The Hall–Kier alpha value is -2.85. The number of aryl methyl sites for hydroxylation is 1. The van der Waals surface area contributed by atoms with Crippen LogP contribution in [-0.4, -0.2) is 28.4 Å². The highest BCUT2D eigenvalue weighted by molar-refractivity contribution is 9.10. The van der Waals surface area contributed by atoms with Gasteiger partial charge < -0.3 is 19.0 Å². The van der Waals surface area contributed by atoms with Crippen molar-refractivity contribution in [3.05, 3.63) is 68.6 Å². The third-order valence-electron chi connectivity index (χ3n) is 4.04. The average molecular weight is 509 g/mol. The molecule has 10 heteroatoms. The topological polar surface area (TPSA) is 94.7 Å². The largest absolute Gasteiger partial charge is 0.493 e. The van der Waals surface area contributed by atoms with Gasteiger partial charge in [0, 0.05) is 12.0 Å². The number of ether oxygens (including phenoxy) is 2. The molecule has 0 unspecified atom stereocenters. The first kappa shape index (κ1) is 22.8. The van der Waals surface area contributed by atoms with E-state index in [0.29, 0.717) is 39.4 Å². The molecule has 31 heavy (non-hydrogen) atoms. The zero-order valence-electron chi connectivity index (χ0n) is 16.6. The first-order valence-electron chi connectivity index (χ1n) is 9.10. The molecule has 3 rings (SSSR count). The van der Waals surface area contributed by atoms with Crippen molar-refractivity contribution in [3.63, 3.8) is 0 Å². The summed E-state index contributed by atoms with van der Waals surface area (Å²) >= 11 is 4.27. The van der Waals surface area contributed by atoms with Crippen LogP contribution in [0.1, 0.15) is 23.9 Å². The van der Waals surface area contributed by atoms with Crippen molar-refractivity contribution < 1.29 is 28.2 Å². The number of carbonyl (C=O) groups is 1. The highest BCUT2D eigenvalue weighted by atomic mass is 79.9. The fraction of sp³-hybridized carbons (Fsp3) is 0.190. The summed E-state index contributed by atoms with van der Waals surface area (Å²) in [5.74, 6) is -0.355. The molecule has 0 spiro atoms. The van der Waals surface area contributed by atoms with Crippen molar-refractivity contribution in [3.8, 4) is 11.5 Å². The van der Waals surface area contributed by atoms with Crippen LogP contribution < -0.4 is 9.47 Å². The number of aromatic nitrogens is 2. The van der Waals surface area contributed by atoms with Gasteiger partial charge in [-0.2, -0.15) is 0 Å². The van der Waals surface area contributed by atoms with Gasteiger partial charge >= 0.3 is 5.97 Å².